The fraction of sp³-hybridized carbons (Fsp3) is 0.250. The van der Waals surface area contributed by atoms with Gasteiger partial charge in [0.15, 0.2) is 0 Å². The molecule has 3 nitrogen and oxygen atoms in total. The molecule has 1 amide bonds. The van der Waals surface area contributed by atoms with Gasteiger partial charge in [-0.1, -0.05) is 25.1 Å². The number of hydrogen-bond donors (Lipinski definition) is 2. The zero-order chi connectivity index (χ0) is 10.7. The monoisotopic (exact) mass is 202 g/mol. The van der Waals surface area contributed by atoms with E-state index in [1.165, 1.54) is 5.39 Å². The summed E-state index contributed by atoms with van der Waals surface area (Å²) in [4.78, 5) is 13.7. The van der Waals surface area contributed by atoms with Crippen molar-refractivity contribution in [1.82, 2.24) is 10.3 Å². The van der Waals surface area contributed by atoms with Gasteiger partial charge in [0, 0.05) is 11.2 Å². The number of para-hydroxylation sites is 1. The van der Waals surface area contributed by atoms with Crippen LogP contribution in [-0.2, 0) is 4.79 Å². The van der Waals surface area contributed by atoms with Gasteiger partial charge in [0.2, 0.25) is 6.41 Å². The fourth-order valence-corrected chi connectivity index (χ4v) is 1.79. The smallest absolute Gasteiger partial charge is 0.207 e. The lowest BCUT2D eigenvalue weighted by Gasteiger charge is -2.10. The van der Waals surface area contributed by atoms with Crippen molar-refractivity contribution in [3.05, 3.63) is 36.0 Å². The predicted octanol–water partition coefficient (Wildman–Crippen LogP) is 2.37. The molecule has 1 unspecified atom stereocenters. The van der Waals surface area contributed by atoms with Crippen molar-refractivity contribution >= 4 is 17.3 Å². The Kier molecular flexibility index (Phi) is 2.72. The van der Waals surface area contributed by atoms with Crippen molar-refractivity contribution in [1.29, 1.82) is 0 Å². The fourth-order valence-electron chi connectivity index (χ4n) is 1.79. The van der Waals surface area contributed by atoms with E-state index in [2.05, 4.69) is 22.4 Å². The lowest BCUT2D eigenvalue weighted by molar-refractivity contribution is -0.110. The third-order valence-electron chi connectivity index (χ3n) is 2.60. The van der Waals surface area contributed by atoms with E-state index in [0.29, 0.717) is 0 Å². The molecule has 0 aliphatic rings. The maximum Gasteiger partial charge on any atom is 0.207 e. The minimum atomic E-state index is 0.0786. The average molecular weight is 202 g/mol. The van der Waals surface area contributed by atoms with E-state index >= 15 is 0 Å². The first-order valence-electron chi connectivity index (χ1n) is 5.12. The molecule has 0 aliphatic heterocycles. The van der Waals surface area contributed by atoms with Crippen molar-refractivity contribution < 1.29 is 4.79 Å². The minimum absolute atomic E-state index is 0.0786. The predicted molar refractivity (Wildman–Crippen MR) is 60.5 cm³/mol. The van der Waals surface area contributed by atoms with Crippen LogP contribution in [0.1, 0.15) is 25.1 Å². The second-order valence-corrected chi connectivity index (χ2v) is 3.56. The number of hydrogen-bond acceptors (Lipinski definition) is 1. The quantitative estimate of drug-likeness (QED) is 0.734. The number of fused-ring (bicyclic) bond motifs is 1. The Morgan fingerprint density at radius 1 is 1.47 bits per heavy atom. The molecule has 0 spiro atoms. The molecule has 0 saturated heterocycles. The van der Waals surface area contributed by atoms with Crippen LogP contribution in [0.15, 0.2) is 30.3 Å². The summed E-state index contributed by atoms with van der Waals surface area (Å²) >= 11 is 0. The number of aromatic amines is 1. The Hall–Kier alpha value is -1.77. The van der Waals surface area contributed by atoms with Crippen LogP contribution in [0.25, 0.3) is 10.9 Å². The first-order valence-corrected chi connectivity index (χ1v) is 5.12. The molecular weight excluding hydrogens is 188 g/mol. The van der Waals surface area contributed by atoms with Crippen LogP contribution in [-0.4, -0.2) is 11.4 Å². The van der Waals surface area contributed by atoms with Gasteiger partial charge in [0.05, 0.1) is 6.04 Å². The van der Waals surface area contributed by atoms with E-state index in [9.17, 15) is 4.79 Å². The second-order valence-electron chi connectivity index (χ2n) is 3.56. The van der Waals surface area contributed by atoms with Crippen molar-refractivity contribution in [3.8, 4) is 0 Å². The molecule has 2 aromatic rings. The second kappa shape index (κ2) is 4.17. The molecule has 0 aliphatic carbocycles. The van der Waals surface area contributed by atoms with E-state index in [1.807, 2.05) is 25.1 Å². The van der Waals surface area contributed by atoms with E-state index in [-0.39, 0.29) is 6.04 Å². The van der Waals surface area contributed by atoms with Crippen LogP contribution in [0.2, 0.25) is 0 Å². The van der Waals surface area contributed by atoms with Gasteiger partial charge in [-0.15, -0.1) is 0 Å². The summed E-state index contributed by atoms with van der Waals surface area (Å²) in [6, 6.07) is 10.3. The third kappa shape index (κ3) is 1.86. The molecule has 2 N–H and O–H groups in total. The number of aromatic nitrogens is 1. The lowest BCUT2D eigenvalue weighted by atomic mass is 10.1. The molecule has 78 valence electrons. The summed E-state index contributed by atoms with van der Waals surface area (Å²) in [6.07, 6.45) is 1.63. The number of amides is 1. The number of rotatable bonds is 4. The molecule has 0 radical (unpaired) electrons. The Morgan fingerprint density at radius 2 is 2.27 bits per heavy atom. The number of carbonyl (C=O) groups is 1. The first kappa shape index (κ1) is 9.77. The van der Waals surface area contributed by atoms with Gasteiger partial charge in [-0.05, 0) is 23.9 Å². The molecule has 1 heterocycles. The van der Waals surface area contributed by atoms with E-state index in [0.717, 1.165) is 24.0 Å². The summed E-state index contributed by atoms with van der Waals surface area (Å²) in [5.41, 5.74) is 2.17. The van der Waals surface area contributed by atoms with Crippen molar-refractivity contribution in [3.63, 3.8) is 0 Å². The maximum atomic E-state index is 10.4. The molecule has 2 rings (SSSR count). The molecule has 3 heteroatoms. The van der Waals surface area contributed by atoms with Crippen LogP contribution in [0.5, 0.6) is 0 Å². The topological polar surface area (TPSA) is 44.9 Å². The van der Waals surface area contributed by atoms with Gasteiger partial charge < -0.3 is 10.3 Å². The standard InChI is InChI=1S/C12H14N2O/c1-2-10(13-8-15)12-7-9-5-3-4-6-11(9)14-12/h3-8,10,14H,2H2,1H3,(H,13,15). The van der Waals surface area contributed by atoms with Gasteiger partial charge in [0.25, 0.3) is 0 Å². The first-order chi connectivity index (χ1) is 7.35. The minimum Gasteiger partial charge on any atom is -0.357 e. The molecule has 1 aromatic carbocycles. The Morgan fingerprint density at radius 3 is 2.93 bits per heavy atom. The molecular formula is C12H14N2O. The number of carbonyl (C=O) groups excluding carboxylic acids is 1. The van der Waals surface area contributed by atoms with Gasteiger partial charge in [-0.2, -0.15) is 0 Å². The van der Waals surface area contributed by atoms with Crippen LogP contribution in [0.4, 0.5) is 0 Å². The van der Waals surface area contributed by atoms with Crippen molar-refractivity contribution in [2.24, 2.45) is 0 Å². The van der Waals surface area contributed by atoms with E-state index < -0.39 is 0 Å². The van der Waals surface area contributed by atoms with Gasteiger partial charge >= 0.3 is 0 Å². The molecule has 1 aromatic heterocycles. The Labute approximate surface area is 88.5 Å². The third-order valence-corrected chi connectivity index (χ3v) is 2.60. The zero-order valence-corrected chi connectivity index (χ0v) is 8.66. The van der Waals surface area contributed by atoms with Crippen LogP contribution in [0, 0.1) is 0 Å². The van der Waals surface area contributed by atoms with E-state index in [4.69, 9.17) is 0 Å². The van der Waals surface area contributed by atoms with Crippen LogP contribution in [0.3, 0.4) is 0 Å². The highest BCUT2D eigenvalue weighted by molar-refractivity contribution is 5.80. The van der Waals surface area contributed by atoms with Crippen LogP contribution < -0.4 is 5.32 Å². The van der Waals surface area contributed by atoms with E-state index in [1.54, 1.807) is 0 Å². The number of nitrogens with one attached hydrogen (secondary N) is 2. The summed E-state index contributed by atoms with van der Waals surface area (Å²) in [6.45, 7) is 2.05. The van der Waals surface area contributed by atoms with Crippen molar-refractivity contribution in [2.45, 2.75) is 19.4 Å². The number of H-pyrrole nitrogens is 1. The van der Waals surface area contributed by atoms with Gasteiger partial charge in [0.1, 0.15) is 0 Å². The Balaban J connectivity index is 2.38. The van der Waals surface area contributed by atoms with Gasteiger partial charge in [-0.25, -0.2) is 0 Å². The van der Waals surface area contributed by atoms with Gasteiger partial charge in [-0.3, -0.25) is 4.79 Å². The highest BCUT2D eigenvalue weighted by Gasteiger charge is 2.10. The highest BCUT2D eigenvalue weighted by atomic mass is 16.1. The summed E-state index contributed by atoms with van der Waals surface area (Å²) in [5.74, 6) is 0. The summed E-state index contributed by atoms with van der Waals surface area (Å²) in [7, 11) is 0. The summed E-state index contributed by atoms with van der Waals surface area (Å²) in [5, 5.41) is 3.98. The normalized spacial score (nSPS) is 12.6. The molecule has 1 atom stereocenters. The zero-order valence-electron chi connectivity index (χ0n) is 8.66. The maximum absolute atomic E-state index is 10.4. The average Bonchev–Trinajstić information content (AvgIpc) is 2.69. The largest absolute Gasteiger partial charge is 0.357 e. The molecule has 0 saturated carbocycles. The number of benzene rings is 1. The molecule has 15 heavy (non-hydrogen) atoms. The van der Waals surface area contributed by atoms with Crippen molar-refractivity contribution in [2.75, 3.05) is 0 Å². The molecule has 0 fully saturated rings. The Bertz CT molecular complexity index is 428. The SMILES string of the molecule is CCC(NC=O)c1cc2ccccc2[nH]1. The lowest BCUT2D eigenvalue weighted by Crippen LogP contribution is -2.18. The van der Waals surface area contributed by atoms with Crippen LogP contribution >= 0.6 is 0 Å². The highest BCUT2D eigenvalue weighted by Crippen LogP contribution is 2.21. The molecule has 0 bridgehead atoms. The summed E-state index contributed by atoms with van der Waals surface area (Å²) < 4.78 is 0.